The summed E-state index contributed by atoms with van der Waals surface area (Å²) in [7, 11) is 2.18. The molecule has 4 aromatic rings. The van der Waals surface area contributed by atoms with Gasteiger partial charge in [-0.3, -0.25) is 4.98 Å². The van der Waals surface area contributed by atoms with Crippen LogP contribution in [0.25, 0.3) is 5.65 Å². The van der Waals surface area contributed by atoms with E-state index in [1.165, 1.54) is 11.3 Å². The molecule has 0 aliphatic carbocycles. The van der Waals surface area contributed by atoms with E-state index in [9.17, 15) is 0 Å². The van der Waals surface area contributed by atoms with Crippen molar-refractivity contribution in [2.24, 2.45) is 0 Å². The summed E-state index contributed by atoms with van der Waals surface area (Å²) < 4.78 is 1.85. The Morgan fingerprint density at radius 2 is 1.84 bits per heavy atom. The Morgan fingerprint density at radius 3 is 2.68 bits per heavy atom. The predicted octanol–water partition coefficient (Wildman–Crippen LogP) is 3.08. The highest BCUT2D eigenvalue weighted by atomic mass is 15.3. The second-order valence-electron chi connectivity index (χ2n) is 8.07. The number of piperazine rings is 1. The van der Waals surface area contributed by atoms with Crippen molar-refractivity contribution in [1.82, 2.24) is 24.5 Å². The molecule has 31 heavy (non-hydrogen) atoms. The second-order valence-corrected chi connectivity index (χ2v) is 8.07. The molecule has 158 valence electrons. The molecule has 0 atom stereocenters. The summed E-state index contributed by atoms with van der Waals surface area (Å²) >= 11 is 0. The SMILES string of the molecule is CN1CCN(c2cccc(Cc3nc4c(NCc5cccnc5)cccn4n3)c2)CC1. The average Bonchev–Trinajstić information content (AvgIpc) is 3.22. The fourth-order valence-electron chi connectivity index (χ4n) is 3.97. The maximum Gasteiger partial charge on any atom is 0.178 e. The fourth-order valence-corrected chi connectivity index (χ4v) is 3.97. The van der Waals surface area contributed by atoms with Crippen molar-refractivity contribution in [3.05, 3.63) is 84.1 Å². The van der Waals surface area contributed by atoms with E-state index in [4.69, 9.17) is 10.1 Å². The number of rotatable bonds is 6. The molecule has 0 bridgehead atoms. The molecule has 3 aromatic heterocycles. The summed E-state index contributed by atoms with van der Waals surface area (Å²) in [5.41, 5.74) is 5.46. The lowest BCUT2D eigenvalue weighted by Gasteiger charge is -2.34. The van der Waals surface area contributed by atoms with Crippen LogP contribution in [0.15, 0.2) is 67.1 Å². The van der Waals surface area contributed by atoms with E-state index in [2.05, 4.69) is 57.5 Å². The Labute approximate surface area is 182 Å². The van der Waals surface area contributed by atoms with Crippen molar-refractivity contribution in [2.45, 2.75) is 13.0 Å². The topological polar surface area (TPSA) is 61.6 Å². The predicted molar refractivity (Wildman–Crippen MR) is 124 cm³/mol. The van der Waals surface area contributed by atoms with Gasteiger partial charge in [-0.15, -0.1) is 0 Å². The van der Waals surface area contributed by atoms with Gasteiger partial charge in [0.15, 0.2) is 11.5 Å². The lowest BCUT2D eigenvalue weighted by atomic mass is 10.1. The summed E-state index contributed by atoms with van der Waals surface area (Å²) in [4.78, 5) is 13.8. The summed E-state index contributed by atoms with van der Waals surface area (Å²) in [6.45, 7) is 5.04. The lowest BCUT2D eigenvalue weighted by molar-refractivity contribution is 0.313. The molecule has 0 unspecified atom stereocenters. The van der Waals surface area contributed by atoms with Gasteiger partial charge in [0.25, 0.3) is 0 Å². The van der Waals surface area contributed by atoms with Crippen LogP contribution < -0.4 is 10.2 Å². The van der Waals surface area contributed by atoms with Crippen molar-refractivity contribution in [2.75, 3.05) is 43.4 Å². The first-order chi connectivity index (χ1) is 15.2. The van der Waals surface area contributed by atoms with Crippen LogP contribution in [0.2, 0.25) is 0 Å². The minimum Gasteiger partial charge on any atom is -0.378 e. The van der Waals surface area contributed by atoms with Gasteiger partial charge < -0.3 is 15.1 Å². The third-order valence-corrected chi connectivity index (χ3v) is 5.75. The van der Waals surface area contributed by atoms with Gasteiger partial charge in [-0.2, -0.15) is 5.10 Å². The van der Waals surface area contributed by atoms with Crippen LogP contribution in [-0.4, -0.2) is 57.7 Å². The summed E-state index contributed by atoms with van der Waals surface area (Å²) in [5, 5.41) is 8.17. The van der Waals surface area contributed by atoms with Crippen LogP contribution in [0.5, 0.6) is 0 Å². The van der Waals surface area contributed by atoms with E-state index in [0.29, 0.717) is 13.0 Å². The van der Waals surface area contributed by atoms with Gasteiger partial charge in [0.05, 0.1) is 5.69 Å². The van der Waals surface area contributed by atoms with Crippen molar-refractivity contribution in [3.8, 4) is 0 Å². The zero-order chi connectivity index (χ0) is 21.0. The van der Waals surface area contributed by atoms with Crippen LogP contribution in [0.4, 0.5) is 11.4 Å². The van der Waals surface area contributed by atoms with Crippen LogP contribution in [-0.2, 0) is 13.0 Å². The molecular weight excluding hydrogens is 386 g/mol. The number of fused-ring (bicyclic) bond motifs is 1. The Bertz CT molecular complexity index is 1150. The molecule has 7 heteroatoms. The monoisotopic (exact) mass is 413 g/mol. The van der Waals surface area contributed by atoms with Gasteiger partial charge in [0, 0.05) is 63.4 Å². The molecule has 4 heterocycles. The van der Waals surface area contributed by atoms with Crippen molar-refractivity contribution in [1.29, 1.82) is 0 Å². The highest BCUT2D eigenvalue weighted by molar-refractivity contribution is 5.67. The summed E-state index contributed by atoms with van der Waals surface area (Å²) in [6.07, 6.45) is 6.32. The Balaban J connectivity index is 1.32. The van der Waals surface area contributed by atoms with Crippen LogP contribution >= 0.6 is 0 Å². The van der Waals surface area contributed by atoms with E-state index in [0.717, 1.165) is 48.9 Å². The van der Waals surface area contributed by atoms with Crippen molar-refractivity contribution in [3.63, 3.8) is 0 Å². The smallest absolute Gasteiger partial charge is 0.178 e. The number of aromatic nitrogens is 4. The number of benzene rings is 1. The third-order valence-electron chi connectivity index (χ3n) is 5.75. The Kier molecular flexibility index (Phi) is 5.50. The van der Waals surface area contributed by atoms with E-state index >= 15 is 0 Å². The Morgan fingerprint density at radius 1 is 0.968 bits per heavy atom. The van der Waals surface area contributed by atoms with Gasteiger partial charge in [0.2, 0.25) is 0 Å². The molecule has 0 radical (unpaired) electrons. The summed E-state index contributed by atoms with van der Waals surface area (Å²) in [5.74, 6) is 0.825. The summed E-state index contributed by atoms with van der Waals surface area (Å²) in [6, 6.07) is 16.8. The van der Waals surface area contributed by atoms with Gasteiger partial charge in [-0.05, 0) is 48.5 Å². The zero-order valence-electron chi connectivity index (χ0n) is 17.8. The normalized spacial score (nSPS) is 14.8. The minimum atomic E-state index is 0.697. The van der Waals surface area contributed by atoms with Gasteiger partial charge in [-0.25, -0.2) is 9.50 Å². The Hall–Kier alpha value is -3.45. The molecule has 1 aromatic carbocycles. The molecule has 1 saturated heterocycles. The second kappa shape index (κ2) is 8.73. The number of likely N-dealkylation sites (N-methyl/N-ethyl adjacent to an activating group) is 1. The first-order valence-corrected chi connectivity index (χ1v) is 10.7. The van der Waals surface area contributed by atoms with Gasteiger partial charge in [0.1, 0.15) is 0 Å². The third kappa shape index (κ3) is 4.51. The largest absolute Gasteiger partial charge is 0.378 e. The molecule has 0 saturated carbocycles. The molecule has 1 aliphatic heterocycles. The molecule has 5 rings (SSSR count). The molecule has 1 fully saturated rings. The van der Waals surface area contributed by atoms with Crippen LogP contribution in [0, 0.1) is 0 Å². The number of hydrogen-bond donors (Lipinski definition) is 1. The highest BCUT2D eigenvalue weighted by Gasteiger charge is 2.15. The quantitative estimate of drug-likeness (QED) is 0.524. The van der Waals surface area contributed by atoms with E-state index < -0.39 is 0 Å². The van der Waals surface area contributed by atoms with Gasteiger partial charge in [-0.1, -0.05) is 18.2 Å². The molecule has 0 amide bonds. The minimum absolute atomic E-state index is 0.697. The number of nitrogens with zero attached hydrogens (tertiary/aromatic N) is 6. The molecule has 0 spiro atoms. The van der Waals surface area contributed by atoms with Crippen LogP contribution in [0.3, 0.4) is 0 Å². The molecular formula is C24H27N7. The number of hydrogen-bond acceptors (Lipinski definition) is 6. The lowest BCUT2D eigenvalue weighted by Crippen LogP contribution is -2.44. The number of nitrogens with one attached hydrogen (secondary N) is 1. The van der Waals surface area contributed by atoms with Crippen molar-refractivity contribution >= 4 is 17.0 Å². The molecule has 1 N–H and O–H groups in total. The van der Waals surface area contributed by atoms with E-state index in [-0.39, 0.29) is 0 Å². The first kappa shape index (κ1) is 19.5. The molecule has 7 nitrogen and oxygen atoms in total. The standard InChI is InChI=1S/C24H27N7/c1-29-11-13-30(14-12-29)21-7-2-5-19(15-21)16-23-27-24-22(8-4-10-31(24)28-23)26-18-20-6-3-9-25-17-20/h2-10,15,17,26H,11-14,16,18H2,1H3. The number of anilines is 2. The zero-order valence-corrected chi connectivity index (χ0v) is 17.8. The fraction of sp³-hybridized carbons (Fsp3) is 0.292. The maximum atomic E-state index is 4.83. The first-order valence-electron chi connectivity index (χ1n) is 10.7. The van der Waals surface area contributed by atoms with Gasteiger partial charge >= 0.3 is 0 Å². The average molecular weight is 414 g/mol. The maximum absolute atomic E-state index is 4.83. The highest BCUT2D eigenvalue weighted by Crippen LogP contribution is 2.21. The van der Waals surface area contributed by atoms with E-state index in [1.54, 1.807) is 6.20 Å². The van der Waals surface area contributed by atoms with E-state index in [1.807, 2.05) is 35.1 Å². The number of pyridine rings is 2. The van der Waals surface area contributed by atoms with Crippen LogP contribution in [0.1, 0.15) is 17.0 Å². The van der Waals surface area contributed by atoms with Crippen molar-refractivity contribution < 1.29 is 0 Å². The molecule has 1 aliphatic rings.